The van der Waals surface area contributed by atoms with Crippen molar-refractivity contribution in [1.82, 2.24) is 35.5 Å². The predicted octanol–water partition coefficient (Wildman–Crippen LogP) is 5.46. The summed E-state index contributed by atoms with van der Waals surface area (Å²) in [7, 11) is 5.04. The van der Waals surface area contributed by atoms with Crippen molar-refractivity contribution in [3.63, 3.8) is 0 Å². The van der Waals surface area contributed by atoms with Crippen molar-refractivity contribution < 1.29 is 19.1 Å². The van der Waals surface area contributed by atoms with Crippen LogP contribution in [-0.4, -0.2) is 70.2 Å². The number of amides is 2. The van der Waals surface area contributed by atoms with Gasteiger partial charge in [-0.05, 0) is 68.4 Å². The molecule has 0 bridgehead atoms. The van der Waals surface area contributed by atoms with E-state index in [1.165, 1.54) is 0 Å². The number of ether oxygens (including phenoxy) is 2. The lowest BCUT2D eigenvalue weighted by atomic mass is 10.1. The zero-order valence-electron chi connectivity index (χ0n) is 26.4. The average Bonchev–Trinajstić information content (AvgIpc) is 3.09. The van der Waals surface area contributed by atoms with Gasteiger partial charge in [0.1, 0.15) is 33.6 Å². The highest BCUT2D eigenvalue weighted by Crippen LogP contribution is 2.28. The summed E-state index contributed by atoms with van der Waals surface area (Å²) in [5.74, 6) is 0.581. The third-order valence-electron chi connectivity index (χ3n) is 8.20. The Morgan fingerprint density at radius 2 is 0.978 bits per heavy atom. The van der Waals surface area contributed by atoms with Crippen LogP contribution in [0.3, 0.4) is 0 Å². The van der Waals surface area contributed by atoms with E-state index in [4.69, 9.17) is 29.4 Å². The Labute approximate surface area is 266 Å². The standard InChI is InChI=1S/C35H35N7O4/c1-6-28(38-34(43)20-12-8-14-22-30(20)40-32-24(36-22)16-10-18-26(32)45-4)42(3)29(7-2)39-35(44)21-13-9-15-23-31(21)41-33-25(37-23)17-11-19-27(33)46-5/h8-19,28-29H,6-7H2,1-5H3,(H,38,43)(H,39,44). The molecule has 6 aromatic rings. The molecule has 234 valence electrons. The van der Waals surface area contributed by atoms with E-state index in [1.54, 1.807) is 38.5 Å². The lowest BCUT2D eigenvalue weighted by molar-refractivity contribution is 0.0701. The molecule has 0 radical (unpaired) electrons. The fourth-order valence-corrected chi connectivity index (χ4v) is 5.74. The van der Waals surface area contributed by atoms with E-state index in [-0.39, 0.29) is 11.8 Å². The van der Waals surface area contributed by atoms with Crippen molar-refractivity contribution in [2.45, 2.75) is 39.0 Å². The molecule has 0 aliphatic heterocycles. The summed E-state index contributed by atoms with van der Waals surface area (Å²) in [5, 5.41) is 6.28. The van der Waals surface area contributed by atoms with Gasteiger partial charge < -0.3 is 20.1 Å². The first-order valence-corrected chi connectivity index (χ1v) is 15.2. The maximum absolute atomic E-state index is 13.7. The number of para-hydroxylation sites is 4. The summed E-state index contributed by atoms with van der Waals surface area (Å²) in [4.78, 5) is 48.4. The van der Waals surface area contributed by atoms with Gasteiger partial charge in [0, 0.05) is 0 Å². The second-order valence-corrected chi connectivity index (χ2v) is 10.9. The molecule has 2 atom stereocenters. The van der Waals surface area contributed by atoms with E-state index < -0.39 is 12.3 Å². The van der Waals surface area contributed by atoms with E-state index in [1.807, 2.05) is 74.3 Å². The van der Waals surface area contributed by atoms with Crippen LogP contribution in [0, 0.1) is 0 Å². The molecule has 2 amide bonds. The Bertz CT molecular complexity index is 1950. The molecule has 2 unspecified atom stereocenters. The maximum Gasteiger partial charge on any atom is 0.254 e. The number of aromatic nitrogens is 4. The minimum atomic E-state index is -0.392. The van der Waals surface area contributed by atoms with E-state index in [2.05, 4.69) is 10.6 Å². The van der Waals surface area contributed by atoms with Crippen LogP contribution in [0.2, 0.25) is 0 Å². The average molecular weight is 618 g/mol. The fraction of sp³-hybridized carbons (Fsp3) is 0.257. The van der Waals surface area contributed by atoms with Gasteiger partial charge in [-0.15, -0.1) is 0 Å². The maximum atomic E-state index is 13.7. The van der Waals surface area contributed by atoms with Gasteiger partial charge in [-0.1, -0.05) is 38.1 Å². The first kappa shape index (κ1) is 30.6. The van der Waals surface area contributed by atoms with Gasteiger partial charge in [-0.25, -0.2) is 19.9 Å². The topological polar surface area (TPSA) is 131 Å². The molecule has 6 rings (SSSR count). The molecular weight excluding hydrogens is 582 g/mol. The van der Waals surface area contributed by atoms with Crippen LogP contribution in [0.1, 0.15) is 47.4 Å². The zero-order valence-corrected chi connectivity index (χ0v) is 26.4. The van der Waals surface area contributed by atoms with Gasteiger partial charge in [-0.3, -0.25) is 14.5 Å². The summed E-state index contributed by atoms with van der Waals surface area (Å²) < 4.78 is 11.0. The molecule has 0 saturated carbocycles. The van der Waals surface area contributed by atoms with Gasteiger partial charge in [0.05, 0.1) is 59.7 Å². The molecule has 4 aromatic carbocycles. The SMILES string of the molecule is CCC(NC(=O)c1cccc2nc3cccc(OC)c3nc12)N(C)C(CC)NC(=O)c1cccc2nc3cccc(OC)c3nc12. The van der Waals surface area contributed by atoms with Crippen LogP contribution in [0.5, 0.6) is 11.5 Å². The van der Waals surface area contributed by atoms with Crippen LogP contribution in [0.15, 0.2) is 72.8 Å². The molecular formula is C35H35N7O4. The molecule has 46 heavy (non-hydrogen) atoms. The molecule has 2 heterocycles. The second-order valence-electron chi connectivity index (χ2n) is 10.9. The smallest absolute Gasteiger partial charge is 0.254 e. The molecule has 0 aliphatic carbocycles. The van der Waals surface area contributed by atoms with Crippen LogP contribution in [0.4, 0.5) is 0 Å². The largest absolute Gasteiger partial charge is 0.494 e. The lowest BCUT2D eigenvalue weighted by Gasteiger charge is -2.35. The summed E-state index contributed by atoms with van der Waals surface area (Å²) >= 11 is 0. The van der Waals surface area contributed by atoms with Gasteiger partial charge in [-0.2, -0.15) is 0 Å². The minimum Gasteiger partial charge on any atom is -0.494 e. The first-order chi connectivity index (χ1) is 22.4. The number of rotatable bonds is 10. The van der Waals surface area contributed by atoms with Gasteiger partial charge in [0.15, 0.2) is 0 Å². The molecule has 0 spiro atoms. The molecule has 11 nitrogen and oxygen atoms in total. The Morgan fingerprint density at radius 3 is 1.35 bits per heavy atom. The Hall–Kier alpha value is -5.42. The first-order valence-electron chi connectivity index (χ1n) is 15.2. The van der Waals surface area contributed by atoms with E-state index in [9.17, 15) is 9.59 Å². The van der Waals surface area contributed by atoms with Gasteiger partial charge in [0.2, 0.25) is 0 Å². The highest BCUT2D eigenvalue weighted by molar-refractivity contribution is 6.07. The number of methoxy groups -OCH3 is 2. The number of hydrogen-bond donors (Lipinski definition) is 2. The normalized spacial score (nSPS) is 12.8. The number of nitrogens with one attached hydrogen (secondary N) is 2. The molecule has 0 saturated heterocycles. The number of carbonyl (C=O) groups excluding carboxylic acids is 2. The van der Waals surface area contributed by atoms with Crippen molar-refractivity contribution in [3.8, 4) is 11.5 Å². The number of fused-ring (bicyclic) bond motifs is 4. The Kier molecular flexibility index (Phi) is 8.58. The third-order valence-corrected chi connectivity index (χ3v) is 8.20. The van der Waals surface area contributed by atoms with E-state index in [0.29, 0.717) is 79.6 Å². The molecule has 2 N–H and O–H groups in total. The highest BCUT2D eigenvalue weighted by Gasteiger charge is 2.26. The Morgan fingerprint density at radius 1 is 0.609 bits per heavy atom. The summed E-state index contributed by atoms with van der Waals surface area (Å²) in [5.41, 5.74) is 5.52. The minimum absolute atomic E-state index is 0.292. The summed E-state index contributed by atoms with van der Waals surface area (Å²) in [6.45, 7) is 3.96. The number of nitrogens with zero attached hydrogens (tertiary/aromatic N) is 5. The van der Waals surface area contributed by atoms with Crippen LogP contribution < -0.4 is 20.1 Å². The monoisotopic (exact) mass is 617 g/mol. The van der Waals surface area contributed by atoms with Crippen molar-refractivity contribution in [2.75, 3.05) is 21.3 Å². The van der Waals surface area contributed by atoms with Crippen LogP contribution in [0.25, 0.3) is 44.1 Å². The van der Waals surface area contributed by atoms with Crippen LogP contribution in [-0.2, 0) is 0 Å². The number of carbonyl (C=O) groups is 2. The van der Waals surface area contributed by atoms with Gasteiger partial charge >= 0.3 is 0 Å². The van der Waals surface area contributed by atoms with Crippen molar-refractivity contribution in [3.05, 3.63) is 83.9 Å². The zero-order chi connectivity index (χ0) is 32.4. The Balaban J connectivity index is 1.25. The lowest BCUT2D eigenvalue weighted by Crippen LogP contribution is -2.55. The molecule has 2 aromatic heterocycles. The van der Waals surface area contributed by atoms with Crippen molar-refractivity contribution in [1.29, 1.82) is 0 Å². The quantitative estimate of drug-likeness (QED) is 0.152. The van der Waals surface area contributed by atoms with Crippen molar-refractivity contribution in [2.24, 2.45) is 0 Å². The predicted molar refractivity (Wildman–Crippen MR) is 178 cm³/mol. The number of hydrogen-bond acceptors (Lipinski definition) is 9. The third kappa shape index (κ3) is 5.61. The second kappa shape index (κ2) is 12.9. The van der Waals surface area contributed by atoms with Crippen molar-refractivity contribution >= 4 is 55.9 Å². The van der Waals surface area contributed by atoms with Crippen LogP contribution >= 0.6 is 0 Å². The van der Waals surface area contributed by atoms with Gasteiger partial charge in [0.25, 0.3) is 11.8 Å². The van der Waals surface area contributed by atoms with E-state index >= 15 is 0 Å². The highest BCUT2D eigenvalue weighted by atomic mass is 16.5. The molecule has 0 aliphatic rings. The summed E-state index contributed by atoms with van der Waals surface area (Å²) in [6.07, 6.45) is 0.397. The fourth-order valence-electron chi connectivity index (χ4n) is 5.74. The molecule has 0 fully saturated rings. The summed E-state index contributed by atoms with van der Waals surface area (Å²) in [6, 6.07) is 21.8. The number of benzene rings is 4. The molecule has 11 heteroatoms. The van der Waals surface area contributed by atoms with E-state index in [0.717, 1.165) is 0 Å².